The largest absolute Gasteiger partial charge is 0.325 e. The van der Waals surface area contributed by atoms with Gasteiger partial charge >= 0.3 is 0 Å². The van der Waals surface area contributed by atoms with Crippen LogP contribution >= 0.6 is 0 Å². The number of hydrogen-bond donors (Lipinski definition) is 2. The average Bonchev–Trinajstić information content (AvgIpc) is 2.17. The quantitative estimate of drug-likeness (QED) is 0.778. The van der Waals surface area contributed by atoms with Crippen LogP contribution in [-0.2, 0) is 16.6 Å². The van der Waals surface area contributed by atoms with Crippen LogP contribution in [0, 0.1) is 0 Å². The number of anilines is 1. The van der Waals surface area contributed by atoms with E-state index in [-0.39, 0.29) is 5.75 Å². The highest BCUT2D eigenvalue weighted by atomic mass is 32.2. The highest BCUT2D eigenvalue weighted by Gasteiger charge is 2.09. The van der Waals surface area contributed by atoms with E-state index in [2.05, 4.69) is 9.71 Å². The van der Waals surface area contributed by atoms with Crippen molar-refractivity contribution < 1.29 is 8.42 Å². The smallest absolute Gasteiger partial charge is 0.233 e. The Balaban J connectivity index is 2.80. The molecule has 0 aromatic carbocycles. The van der Waals surface area contributed by atoms with Gasteiger partial charge in [0.2, 0.25) is 10.0 Å². The summed E-state index contributed by atoms with van der Waals surface area (Å²) in [5.74, 6) is 0.424. The molecule has 0 spiro atoms. The normalized spacial score (nSPS) is 11.3. The van der Waals surface area contributed by atoms with Crippen LogP contribution in [0.5, 0.6) is 0 Å². The first-order valence-electron chi connectivity index (χ1n) is 4.74. The molecule has 6 heteroatoms. The molecule has 0 unspecified atom stereocenters. The van der Waals surface area contributed by atoms with Gasteiger partial charge in [-0.2, -0.15) is 0 Å². The van der Waals surface area contributed by atoms with Crippen LogP contribution in [0.1, 0.15) is 19.0 Å². The summed E-state index contributed by atoms with van der Waals surface area (Å²) in [6, 6.07) is 5.07. The molecule has 1 heterocycles. The van der Waals surface area contributed by atoms with E-state index in [1.165, 1.54) is 0 Å². The Morgan fingerprint density at radius 1 is 1.47 bits per heavy atom. The molecular formula is C9H15N3O2S. The van der Waals surface area contributed by atoms with Crippen molar-refractivity contribution in [3.63, 3.8) is 0 Å². The van der Waals surface area contributed by atoms with Crippen LogP contribution in [0.3, 0.4) is 0 Å². The minimum absolute atomic E-state index is 0.0987. The lowest BCUT2D eigenvalue weighted by atomic mass is 10.3. The fourth-order valence-electron chi connectivity index (χ4n) is 1.13. The summed E-state index contributed by atoms with van der Waals surface area (Å²) < 4.78 is 25.2. The molecule has 0 saturated heterocycles. The Labute approximate surface area is 89.8 Å². The lowest BCUT2D eigenvalue weighted by molar-refractivity contribution is 0.599. The molecule has 1 aromatic heterocycles. The van der Waals surface area contributed by atoms with Crippen LogP contribution in [0.4, 0.5) is 5.82 Å². The highest BCUT2D eigenvalue weighted by molar-refractivity contribution is 7.92. The van der Waals surface area contributed by atoms with Crippen molar-refractivity contribution in [2.75, 3.05) is 10.5 Å². The summed E-state index contributed by atoms with van der Waals surface area (Å²) in [4.78, 5) is 4.04. The maximum absolute atomic E-state index is 11.4. The molecule has 1 rings (SSSR count). The van der Waals surface area contributed by atoms with Crippen molar-refractivity contribution in [3.05, 3.63) is 23.9 Å². The molecule has 1 aromatic rings. The number of pyridine rings is 1. The predicted molar refractivity (Wildman–Crippen MR) is 59.8 cm³/mol. The van der Waals surface area contributed by atoms with Crippen molar-refractivity contribution in [2.24, 2.45) is 5.73 Å². The van der Waals surface area contributed by atoms with E-state index < -0.39 is 10.0 Å². The van der Waals surface area contributed by atoms with E-state index in [1.54, 1.807) is 18.2 Å². The van der Waals surface area contributed by atoms with Crippen molar-refractivity contribution in [2.45, 2.75) is 19.9 Å². The van der Waals surface area contributed by atoms with Gasteiger partial charge in [-0.1, -0.05) is 13.0 Å². The Morgan fingerprint density at radius 2 is 2.20 bits per heavy atom. The molecule has 0 fully saturated rings. The van der Waals surface area contributed by atoms with E-state index in [1.807, 2.05) is 6.92 Å². The minimum atomic E-state index is -3.26. The summed E-state index contributed by atoms with van der Waals surface area (Å²) >= 11 is 0. The van der Waals surface area contributed by atoms with Gasteiger partial charge in [-0.25, -0.2) is 13.4 Å². The summed E-state index contributed by atoms with van der Waals surface area (Å²) in [6.07, 6.45) is 0.575. The van der Waals surface area contributed by atoms with Gasteiger partial charge in [-0.15, -0.1) is 0 Å². The van der Waals surface area contributed by atoms with Crippen LogP contribution in [0.15, 0.2) is 18.2 Å². The summed E-state index contributed by atoms with van der Waals surface area (Å²) in [7, 11) is -3.26. The number of nitrogens with zero attached hydrogens (tertiary/aromatic N) is 1. The number of nitrogens with two attached hydrogens (primary N) is 1. The first-order valence-corrected chi connectivity index (χ1v) is 6.39. The Kier molecular flexibility index (Phi) is 4.05. The third-order valence-electron chi connectivity index (χ3n) is 1.75. The molecule has 0 atom stereocenters. The van der Waals surface area contributed by atoms with Gasteiger partial charge in [0.25, 0.3) is 0 Å². The molecular weight excluding hydrogens is 214 g/mol. The van der Waals surface area contributed by atoms with Crippen LogP contribution < -0.4 is 10.5 Å². The van der Waals surface area contributed by atoms with Gasteiger partial charge in [-0.3, -0.25) is 4.72 Å². The highest BCUT2D eigenvalue weighted by Crippen LogP contribution is 2.07. The Morgan fingerprint density at radius 3 is 2.80 bits per heavy atom. The predicted octanol–water partition coefficient (Wildman–Crippen LogP) is 0.692. The third-order valence-corrected chi connectivity index (χ3v) is 3.21. The van der Waals surface area contributed by atoms with Gasteiger partial charge < -0.3 is 5.73 Å². The molecule has 0 aliphatic carbocycles. The molecule has 0 aliphatic heterocycles. The van der Waals surface area contributed by atoms with Crippen molar-refractivity contribution in [1.29, 1.82) is 0 Å². The molecule has 84 valence electrons. The number of nitrogens with one attached hydrogen (secondary N) is 1. The lowest BCUT2D eigenvalue weighted by Gasteiger charge is -2.06. The van der Waals surface area contributed by atoms with Gasteiger partial charge in [0.15, 0.2) is 0 Å². The summed E-state index contributed by atoms with van der Waals surface area (Å²) in [5.41, 5.74) is 6.06. The van der Waals surface area contributed by atoms with Crippen molar-refractivity contribution in [1.82, 2.24) is 4.98 Å². The number of rotatable bonds is 5. The SMILES string of the molecule is CCCS(=O)(=O)Nc1cccc(CN)n1. The van der Waals surface area contributed by atoms with Gasteiger partial charge in [0.05, 0.1) is 11.4 Å². The van der Waals surface area contributed by atoms with Gasteiger partial charge in [-0.05, 0) is 18.6 Å². The second-order valence-corrected chi connectivity index (χ2v) is 4.98. The fourth-order valence-corrected chi connectivity index (χ4v) is 2.20. The first kappa shape index (κ1) is 11.9. The first-order chi connectivity index (χ1) is 7.07. The standard InChI is InChI=1S/C9H15N3O2S/c1-2-6-15(13,14)12-9-5-3-4-8(7-10)11-9/h3-5H,2,6-7,10H2,1H3,(H,11,12). The fraction of sp³-hybridized carbons (Fsp3) is 0.444. The zero-order valence-electron chi connectivity index (χ0n) is 8.60. The Hall–Kier alpha value is -1.14. The molecule has 5 nitrogen and oxygen atoms in total. The van der Waals surface area contributed by atoms with E-state index >= 15 is 0 Å². The average molecular weight is 229 g/mol. The zero-order chi connectivity index (χ0) is 11.3. The maximum Gasteiger partial charge on any atom is 0.233 e. The molecule has 15 heavy (non-hydrogen) atoms. The number of aromatic nitrogens is 1. The monoisotopic (exact) mass is 229 g/mol. The second kappa shape index (κ2) is 5.09. The summed E-state index contributed by atoms with van der Waals surface area (Å²) in [5, 5.41) is 0. The van der Waals surface area contributed by atoms with Crippen LogP contribution in [-0.4, -0.2) is 19.2 Å². The summed E-state index contributed by atoms with van der Waals surface area (Å²) in [6.45, 7) is 2.10. The minimum Gasteiger partial charge on any atom is -0.325 e. The maximum atomic E-state index is 11.4. The van der Waals surface area contributed by atoms with E-state index in [0.29, 0.717) is 24.5 Å². The van der Waals surface area contributed by atoms with E-state index in [9.17, 15) is 8.42 Å². The van der Waals surface area contributed by atoms with Gasteiger partial charge in [0.1, 0.15) is 5.82 Å². The third kappa shape index (κ3) is 3.85. The number of sulfonamides is 1. The van der Waals surface area contributed by atoms with Crippen molar-refractivity contribution in [3.8, 4) is 0 Å². The van der Waals surface area contributed by atoms with E-state index in [0.717, 1.165) is 0 Å². The van der Waals surface area contributed by atoms with Gasteiger partial charge in [0, 0.05) is 6.54 Å². The molecule has 0 bridgehead atoms. The number of hydrogen-bond acceptors (Lipinski definition) is 4. The molecule has 0 saturated carbocycles. The molecule has 0 radical (unpaired) electrons. The van der Waals surface area contributed by atoms with Crippen LogP contribution in [0.2, 0.25) is 0 Å². The Bertz CT molecular complexity index is 417. The second-order valence-electron chi connectivity index (χ2n) is 3.14. The molecule has 0 amide bonds. The zero-order valence-corrected chi connectivity index (χ0v) is 9.42. The van der Waals surface area contributed by atoms with Crippen molar-refractivity contribution >= 4 is 15.8 Å². The topological polar surface area (TPSA) is 85.1 Å². The van der Waals surface area contributed by atoms with Crippen LogP contribution in [0.25, 0.3) is 0 Å². The van der Waals surface area contributed by atoms with E-state index in [4.69, 9.17) is 5.73 Å². The lowest BCUT2D eigenvalue weighted by Crippen LogP contribution is -2.17. The molecule has 3 N–H and O–H groups in total. The molecule has 0 aliphatic rings.